The van der Waals surface area contributed by atoms with E-state index >= 15 is 0 Å². The summed E-state index contributed by atoms with van der Waals surface area (Å²) < 4.78 is 3.28. The van der Waals surface area contributed by atoms with Gasteiger partial charge < -0.3 is 10.2 Å². The fourth-order valence-electron chi connectivity index (χ4n) is 5.15. The second kappa shape index (κ2) is 11.0. The largest absolute Gasteiger partial charge is 0.351 e. The van der Waals surface area contributed by atoms with Crippen molar-refractivity contribution >= 4 is 62.0 Å². The summed E-state index contributed by atoms with van der Waals surface area (Å²) in [4.78, 5) is 24.3. The van der Waals surface area contributed by atoms with Crippen LogP contribution in [0.5, 0.6) is 0 Å². The molecule has 1 aliphatic heterocycles. The Morgan fingerprint density at radius 3 is 2.36 bits per heavy atom. The number of para-hydroxylation sites is 1. The predicted molar refractivity (Wildman–Crippen MR) is 171 cm³/mol. The summed E-state index contributed by atoms with van der Waals surface area (Å²) >= 11 is 9.14. The summed E-state index contributed by atoms with van der Waals surface area (Å²) in [6, 6.07) is 32.6. The molecule has 0 aliphatic carbocycles. The molecule has 7 rings (SSSR count). The highest BCUT2D eigenvalue weighted by atomic mass is 32.2. The number of nitrogens with zero attached hydrogens (tertiary/aromatic N) is 5. The minimum Gasteiger partial charge on any atom is -0.351 e. The van der Waals surface area contributed by atoms with E-state index in [-0.39, 0.29) is 17.8 Å². The molecule has 1 N–H and O–H groups in total. The van der Waals surface area contributed by atoms with Crippen LogP contribution >= 0.6 is 35.3 Å². The van der Waals surface area contributed by atoms with Gasteiger partial charge in [-0.25, -0.2) is 4.98 Å². The van der Waals surface area contributed by atoms with E-state index in [1.54, 1.807) is 41.4 Å². The van der Waals surface area contributed by atoms with E-state index in [0.29, 0.717) is 5.11 Å². The van der Waals surface area contributed by atoms with Gasteiger partial charge in [-0.1, -0.05) is 41.3 Å². The number of nitrogens with one attached hydrogen (secondary N) is 1. The van der Waals surface area contributed by atoms with Gasteiger partial charge in [0.15, 0.2) is 10.2 Å². The third-order valence-corrected chi connectivity index (χ3v) is 9.43. The monoisotopic (exact) mass is 606 g/mol. The van der Waals surface area contributed by atoms with Crippen LogP contribution in [0, 0.1) is 10.1 Å². The first-order valence-corrected chi connectivity index (χ1v) is 15.2. The lowest BCUT2D eigenvalue weighted by molar-refractivity contribution is -0.384. The van der Waals surface area contributed by atoms with Crippen LogP contribution in [0.25, 0.3) is 15.3 Å². The number of benzene rings is 3. The summed E-state index contributed by atoms with van der Waals surface area (Å²) in [6.07, 6.45) is 3.85. The van der Waals surface area contributed by atoms with E-state index in [1.165, 1.54) is 12.1 Å². The Morgan fingerprint density at radius 1 is 0.905 bits per heavy atom. The molecule has 1 fully saturated rings. The summed E-state index contributed by atoms with van der Waals surface area (Å²) in [5.41, 5.74) is 3.93. The Bertz CT molecular complexity index is 1870. The molecule has 0 spiro atoms. The molecule has 2 atom stereocenters. The van der Waals surface area contributed by atoms with E-state index in [4.69, 9.17) is 17.2 Å². The molecule has 0 saturated carbocycles. The zero-order valence-electron chi connectivity index (χ0n) is 21.9. The van der Waals surface area contributed by atoms with Crippen molar-refractivity contribution < 1.29 is 4.92 Å². The number of anilines is 1. The van der Waals surface area contributed by atoms with Crippen LogP contribution in [0.1, 0.15) is 23.5 Å². The lowest BCUT2D eigenvalue weighted by atomic mass is 10.0. The summed E-state index contributed by atoms with van der Waals surface area (Å²) in [7, 11) is 0. The van der Waals surface area contributed by atoms with E-state index in [2.05, 4.69) is 44.0 Å². The van der Waals surface area contributed by atoms with E-state index in [0.717, 1.165) is 42.2 Å². The highest BCUT2D eigenvalue weighted by Crippen LogP contribution is 2.43. The minimum absolute atomic E-state index is 0.0776. The zero-order valence-corrected chi connectivity index (χ0v) is 24.4. The average Bonchev–Trinajstić information content (AvgIpc) is 3.75. The number of pyridine rings is 1. The molecule has 3 aromatic heterocycles. The van der Waals surface area contributed by atoms with Gasteiger partial charge in [-0.05, 0) is 85.0 Å². The van der Waals surface area contributed by atoms with Gasteiger partial charge in [0.2, 0.25) is 0 Å². The van der Waals surface area contributed by atoms with E-state index in [1.807, 2.05) is 60.8 Å². The lowest BCUT2D eigenvalue weighted by Gasteiger charge is -2.28. The maximum atomic E-state index is 11.0. The van der Waals surface area contributed by atoms with E-state index in [9.17, 15) is 10.1 Å². The van der Waals surface area contributed by atoms with Crippen molar-refractivity contribution in [1.29, 1.82) is 0 Å². The molecule has 0 radical (unpaired) electrons. The molecule has 206 valence electrons. The summed E-state index contributed by atoms with van der Waals surface area (Å²) in [6.45, 7) is 0. The molecule has 0 amide bonds. The number of thiocarbonyl (C=S) groups is 1. The van der Waals surface area contributed by atoms with Gasteiger partial charge >= 0.3 is 0 Å². The fraction of sp³-hybridized carbons (Fsp3) is 0.0645. The SMILES string of the molecule is O=[N+]([O-])c1ccc(Sc2ccc(N3C(=S)N[C@@H](c4ccccn4)[C@@H]3c3cccn3-c3nc4ccccc4s3)cc2)cc1. The van der Waals surface area contributed by atoms with Crippen molar-refractivity contribution in [1.82, 2.24) is 19.9 Å². The molecular weight excluding hydrogens is 585 g/mol. The minimum atomic E-state index is -0.391. The van der Waals surface area contributed by atoms with Gasteiger partial charge in [0.05, 0.1) is 32.6 Å². The maximum absolute atomic E-state index is 11.0. The number of rotatable bonds is 7. The molecule has 11 heteroatoms. The van der Waals surface area contributed by atoms with Crippen molar-refractivity contribution in [3.63, 3.8) is 0 Å². The Kier molecular flexibility index (Phi) is 6.90. The number of hydrogen-bond donors (Lipinski definition) is 1. The third-order valence-electron chi connectivity index (χ3n) is 7.07. The quantitative estimate of drug-likeness (QED) is 0.112. The van der Waals surface area contributed by atoms with Crippen LogP contribution in [0.15, 0.2) is 125 Å². The van der Waals surface area contributed by atoms with Crippen molar-refractivity contribution in [2.45, 2.75) is 21.9 Å². The van der Waals surface area contributed by atoms with Crippen molar-refractivity contribution in [2.24, 2.45) is 0 Å². The zero-order chi connectivity index (χ0) is 28.6. The topological polar surface area (TPSA) is 89.1 Å². The first-order valence-electron chi connectivity index (χ1n) is 13.1. The Labute approximate surface area is 254 Å². The van der Waals surface area contributed by atoms with Gasteiger partial charge in [0, 0.05) is 40.0 Å². The molecule has 0 bridgehead atoms. The molecule has 8 nitrogen and oxygen atoms in total. The standard InChI is InChI=1S/C31H22N6O2S3/c38-37(39)21-12-16-23(17-13-21)41-22-14-10-20(11-15-22)36-29(28(34-30(36)40)25-7-3-4-18-32-25)26-8-5-19-35(26)31-33-24-6-1-2-9-27(24)42-31/h1-19,28-29H,(H,34,40)/t28-,29-/m0/s1. The molecule has 42 heavy (non-hydrogen) atoms. The highest BCUT2D eigenvalue weighted by Gasteiger charge is 2.42. The molecule has 1 aliphatic rings. The van der Waals surface area contributed by atoms with Gasteiger partial charge in [-0.15, -0.1) is 0 Å². The number of non-ortho nitro benzene ring substituents is 1. The molecular formula is C31H22N6O2S3. The Morgan fingerprint density at radius 2 is 1.64 bits per heavy atom. The van der Waals surface area contributed by atoms with Crippen LogP contribution in [-0.2, 0) is 0 Å². The number of hydrogen-bond acceptors (Lipinski definition) is 7. The normalized spacial score (nSPS) is 16.6. The second-order valence-corrected chi connectivity index (χ2v) is 12.2. The van der Waals surface area contributed by atoms with Crippen LogP contribution < -0.4 is 10.2 Å². The highest BCUT2D eigenvalue weighted by molar-refractivity contribution is 7.99. The first-order chi connectivity index (χ1) is 20.5. The number of nitro benzene ring substituents is 1. The summed E-state index contributed by atoms with van der Waals surface area (Å²) in [5.74, 6) is 0. The molecule has 6 aromatic rings. The summed E-state index contributed by atoms with van der Waals surface area (Å²) in [5, 5.41) is 16.0. The van der Waals surface area contributed by atoms with Crippen molar-refractivity contribution in [3.8, 4) is 5.13 Å². The average molecular weight is 607 g/mol. The number of nitro groups is 1. The molecule has 1 saturated heterocycles. The Balaban J connectivity index is 1.25. The Hall–Kier alpha value is -4.58. The van der Waals surface area contributed by atoms with Crippen LogP contribution in [-0.4, -0.2) is 24.6 Å². The fourth-order valence-corrected chi connectivity index (χ4v) is 7.29. The van der Waals surface area contributed by atoms with Gasteiger partial charge in [-0.3, -0.25) is 19.7 Å². The van der Waals surface area contributed by atoms with Crippen LogP contribution in [0.2, 0.25) is 0 Å². The van der Waals surface area contributed by atoms with Crippen LogP contribution in [0.3, 0.4) is 0 Å². The third kappa shape index (κ3) is 4.91. The van der Waals surface area contributed by atoms with E-state index < -0.39 is 4.92 Å². The molecule has 0 unspecified atom stereocenters. The van der Waals surface area contributed by atoms with Crippen molar-refractivity contribution in [2.75, 3.05) is 4.90 Å². The molecule has 4 heterocycles. The van der Waals surface area contributed by atoms with Gasteiger partial charge in [0.1, 0.15) is 6.04 Å². The number of aromatic nitrogens is 3. The second-order valence-electron chi connectivity index (χ2n) is 9.61. The van der Waals surface area contributed by atoms with Gasteiger partial charge in [0.25, 0.3) is 5.69 Å². The maximum Gasteiger partial charge on any atom is 0.269 e. The lowest BCUT2D eigenvalue weighted by Crippen LogP contribution is -2.30. The number of fused-ring (bicyclic) bond motifs is 1. The smallest absolute Gasteiger partial charge is 0.269 e. The van der Waals surface area contributed by atoms with Gasteiger partial charge in [-0.2, -0.15) is 0 Å². The predicted octanol–water partition coefficient (Wildman–Crippen LogP) is 7.72. The van der Waals surface area contributed by atoms with Crippen LogP contribution in [0.4, 0.5) is 11.4 Å². The molecule has 3 aromatic carbocycles. The number of thiazole rings is 1. The van der Waals surface area contributed by atoms with Crippen molar-refractivity contribution in [3.05, 3.63) is 137 Å². The first kappa shape index (κ1) is 26.3.